The number of carbonyl (C=O) groups excluding carboxylic acids is 2. The van der Waals surface area contributed by atoms with Crippen molar-refractivity contribution < 1.29 is 18.7 Å². The summed E-state index contributed by atoms with van der Waals surface area (Å²) in [6.07, 6.45) is 7.77. The van der Waals surface area contributed by atoms with Crippen LogP contribution in [0.4, 0.5) is 26.5 Å². The Labute approximate surface area is 357 Å². The van der Waals surface area contributed by atoms with Gasteiger partial charge in [0.2, 0.25) is 5.91 Å². The first kappa shape index (κ1) is 40.4. The fourth-order valence-electron chi connectivity index (χ4n) is 8.71. The number of ether oxygens (including phenoxy) is 1. The highest BCUT2D eigenvalue weighted by atomic mass is 32.1. The molecule has 7 heterocycles. The molecule has 4 aromatic heterocycles. The van der Waals surface area contributed by atoms with Crippen LogP contribution in [0.25, 0.3) is 27.0 Å². The van der Waals surface area contributed by atoms with Crippen molar-refractivity contribution in [3.63, 3.8) is 0 Å². The summed E-state index contributed by atoms with van der Waals surface area (Å²) < 4.78 is 22.5. The second kappa shape index (κ2) is 17.2. The summed E-state index contributed by atoms with van der Waals surface area (Å²) in [6.45, 7) is 12.5. The number of nitrogens with zero attached hydrogens (tertiary/aromatic N) is 11. The van der Waals surface area contributed by atoms with Crippen LogP contribution >= 0.6 is 11.3 Å². The Bertz CT molecular complexity index is 2540. The Kier molecular flexibility index (Phi) is 11.4. The molecule has 0 bridgehead atoms. The number of carbonyl (C=O) groups is 2. The van der Waals surface area contributed by atoms with Gasteiger partial charge in [-0.1, -0.05) is 0 Å². The highest BCUT2D eigenvalue weighted by Gasteiger charge is 2.29. The van der Waals surface area contributed by atoms with Crippen molar-refractivity contribution in [2.45, 2.75) is 45.6 Å². The number of nitrogens with one attached hydrogen (secondary N) is 1. The number of anilines is 3. The lowest BCUT2D eigenvalue weighted by molar-refractivity contribution is -0.120. The van der Waals surface area contributed by atoms with Gasteiger partial charge >= 0.3 is 6.03 Å². The van der Waals surface area contributed by atoms with Gasteiger partial charge in [0.25, 0.3) is 0 Å². The highest BCUT2D eigenvalue weighted by molar-refractivity contribution is 7.15. The Morgan fingerprint density at radius 2 is 1.75 bits per heavy atom. The van der Waals surface area contributed by atoms with E-state index in [1.54, 1.807) is 40.9 Å². The van der Waals surface area contributed by atoms with Gasteiger partial charge in [-0.25, -0.2) is 19.2 Å². The first-order valence-corrected chi connectivity index (χ1v) is 21.7. The maximum Gasteiger partial charge on any atom is 0.329 e. The number of halogens is 1. The number of piperazine rings is 1. The molecular formula is C43H50FN13O3S. The highest BCUT2D eigenvalue weighted by Crippen LogP contribution is 2.37. The van der Waals surface area contributed by atoms with E-state index in [1.165, 1.54) is 22.6 Å². The van der Waals surface area contributed by atoms with Crippen LogP contribution in [0.15, 0.2) is 61.1 Å². The van der Waals surface area contributed by atoms with Crippen LogP contribution in [-0.4, -0.2) is 115 Å². The molecule has 0 saturated carbocycles. The van der Waals surface area contributed by atoms with E-state index in [-0.39, 0.29) is 24.0 Å². The zero-order valence-corrected chi connectivity index (χ0v) is 35.4. The number of aryl methyl sites for hydroxylation is 2. The standard InChI is InChI=1S/C43H50FN13O3S/c1-27-40(30-22-37(41(45)46-25-30)60-28(2)34-23-31(44)4-7-35(34)57-47-12-13-48-57)61-39(49-27)11-14-53-18-20-54(21-19-53)26-29-8-15-55(16-9-29)32-5-6-33-36(24-32)52(3)51-42(33)56-17-10-38(58)50-43(56)59/h4-7,12-13,22-25,28-29H,8-11,14-21,26H2,1-3H3,(H2,45,46)(H,50,58,59)/t28-/m1/s1. The van der Waals surface area contributed by atoms with Crippen molar-refractivity contribution in [2.24, 2.45) is 13.0 Å². The van der Waals surface area contributed by atoms with Crippen molar-refractivity contribution >= 4 is 51.5 Å². The van der Waals surface area contributed by atoms with Crippen LogP contribution in [-0.2, 0) is 18.3 Å². The number of rotatable bonds is 12. The maximum absolute atomic E-state index is 14.4. The number of piperidine rings is 1. The van der Waals surface area contributed by atoms with Gasteiger partial charge < -0.3 is 25.2 Å². The third-order valence-corrected chi connectivity index (χ3v) is 13.3. The number of imide groups is 1. The zero-order valence-electron chi connectivity index (χ0n) is 34.6. The SMILES string of the molecule is Cc1nc(CCN2CCN(CC3CCN(c4ccc5c(N6CCC(=O)NC6=O)nn(C)c5c4)CC3)CC2)sc1-c1cnc(N)c(O[C@H](C)c2cc(F)ccc2-n2nccn2)c1. The van der Waals surface area contributed by atoms with Gasteiger partial charge in [-0.05, 0) is 75.1 Å². The fourth-order valence-corrected chi connectivity index (χ4v) is 9.74. The van der Waals surface area contributed by atoms with E-state index in [1.807, 2.05) is 31.6 Å². The Balaban J connectivity index is 0.746. The summed E-state index contributed by atoms with van der Waals surface area (Å²) >= 11 is 1.68. The molecule has 6 aromatic rings. The molecule has 0 aliphatic carbocycles. The quantitative estimate of drug-likeness (QED) is 0.162. The average Bonchev–Trinajstić information content (AvgIpc) is 4.01. The molecule has 3 aliphatic heterocycles. The predicted molar refractivity (Wildman–Crippen MR) is 233 cm³/mol. The molecule has 318 valence electrons. The Morgan fingerprint density at radius 3 is 2.52 bits per heavy atom. The lowest BCUT2D eigenvalue weighted by Gasteiger charge is -2.39. The number of hydrogen-bond acceptors (Lipinski definition) is 13. The minimum Gasteiger partial charge on any atom is -0.482 e. The molecule has 3 saturated heterocycles. The van der Waals surface area contributed by atoms with Gasteiger partial charge in [0.15, 0.2) is 17.4 Å². The molecule has 0 radical (unpaired) electrons. The normalized spacial score (nSPS) is 17.6. The summed E-state index contributed by atoms with van der Waals surface area (Å²) in [7, 11) is 1.90. The number of thiazole rings is 1. The van der Waals surface area contributed by atoms with Crippen molar-refractivity contribution in [1.82, 2.24) is 49.9 Å². The number of pyridine rings is 1. The molecule has 3 aliphatic rings. The van der Waals surface area contributed by atoms with Crippen LogP contribution in [0.5, 0.6) is 5.75 Å². The van der Waals surface area contributed by atoms with Crippen LogP contribution in [0.2, 0.25) is 0 Å². The number of nitrogens with two attached hydrogens (primary N) is 1. The van der Waals surface area contributed by atoms with Crippen molar-refractivity contribution in [2.75, 3.05) is 74.4 Å². The predicted octanol–water partition coefficient (Wildman–Crippen LogP) is 5.37. The van der Waals surface area contributed by atoms with E-state index in [4.69, 9.17) is 15.5 Å². The molecule has 61 heavy (non-hydrogen) atoms. The molecule has 3 N–H and O–H groups in total. The number of nitrogen functional groups attached to an aromatic ring is 1. The average molecular weight is 848 g/mol. The lowest BCUT2D eigenvalue weighted by Crippen LogP contribution is -2.49. The molecule has 2 aromatic carbocycles. The van der Waals surface area contributed by atoms with Gasteiger partial charge in [-0.3, -0.25) is 19.7 Å². The Morgan fingerprint density at radius 1 is 0.984 bits per heavy atom. The topological polar surface area (TPSA) is 169 Å². The van der Waals surface area contributed by atoms with E-state index in [0.29, 0.717) is 35.3 Å². The first-order valence-electron chi connectivity index (χ1n) is 20.9. The molecule has 1 atom stereocenters. The molecule has 0 unspecified atom stereocenters. The number of fused-ring (bicyclic) bond motifs is 1. The van der Waals surface area contributed by atoms with E-state index in [2.05, 4.69) is 58.5 Å². The third-order valence-electron chi connectivity index (χ3n) is 12.1. The number of hydrogen-bond donors (Lipinski definition) is 2. The molecule has 16 nitrogen and oxygen atoms in total. The second-order valence-electron chi connectivity index (χ2n) is 16.1. The van der Waals surface area contributed by atoms with Crippen molar-refractivity contribution in [1.29, 1.82) is 0 Å². The van der Waals surface area contributed by atoms with Crippen LogP contribution in [0, 0.1) is 18.7 Å². The minimum atomic E-state index is -0.563. The minimum absolute atomic E-state index is 0.250. The number of urea groups is 1. The maximum atomic E-state index is 14.4. The molecular weight excluding hydrogens is 798 g/mol. The summed E-state index contributed by atoms with van der Waals surface area (Å²) in [4.78, 5) is 45.2. The molecule has 18 heteroatoms. The van der Waals surface area contributed by atoms with Crippen LogP contribution < -0.4 is 25.6 Å². The second-order valence-corrected chi connectivity index (χ2v) is 17.2. The van der Waals surface area contributed by atoms with E-state index >= 15 is 0 Å². The smallest absolute Gasteiger partial charge is 0.329 e. The van der Waals surface area contributed by atoms with Crippen molar-refractivity contribution in [3.05, 3.63) is 83.1 Å². The first-order chi connectivity index (χ1) is 29.6. The number of benzene rings is 2. The molecule has 3 amide bonds. The summed E-state index contributed by atoms with van der Waals surface area (Å²) in [5.74, 6) is 1.28. The van der Waals surface area contributed by atoms with Gasteiger partial charge in [0.05, 0.1) is 39.2 Å². The largest absolute Gasteiger partial charge is 0.482 e. The fraction of sp³-hybridized carbons (Fsp3) is 0.419. The van der Waals surface area contributed by atoms with E-state index < -0.39 is 12.1 Å². The van der Waals surface area contributed by atoms with Gasteiger partial charge in [-0.15, -0.1) is 11.3 Å². The summed E-state index contributed by atoms with van der Waals surface area (Å²) in [6, 6.07) is 12.3. The summed E-state index contributed by atoms with van der Waals surface area (Å²) in [5, 5.41) is 17.5. The lowest BCUT2D eigenvalue weighted by atomic mass is 9.95. The molecule has 9 rings (SSSR count). The van der Waals surface area contributed by atoms with Gasteiger partial charge in [0, 0.05) is 107 Å². The Hall–Kier alpha value is -5.98. The van der Waals surface area contributed by atoms with Crippen molar-refractivity contribution in [3.8, 4) is 21.9 Å². The van der Waals surface area contributed by atoms with Crippen LogP contribution in [0.1, 0.15) is 48.6 Å². The van der Waals surface area contributed by atoms with E-state index in [9.17, 15) is 14.0 Å². The van der Waals surface area contributed by atoms with Gasteiger partial charge in [-0.2, -0.15) is 20.1 Å². The monoisotopic (exact) mass is 847 g/mol. The zero-order chi connectivity index (χ0) is 42.2. The van der Waals surface area contributed by atoms with Crippen LogP contribution in [0.3, 0.4) is 0 Å². The number of amides is 3. The number of aromatic nitrogens is 7. The molecule has 0 spiro atoms. The summed E-state index contributed by atoms with van der Waals surface area (Å²) in [5.41, 5.74) is 11.4. The van der Waals surface area contributed by atoms with Gasteiger partial charge in [0.1, 0.15) is 11.9 Å². The third kappa shape index (κ3) is 8.65. The molecule has 3 fully saturated rings. The van der Waals surface area contributed by atoms with E-state index in [0.717, 1.165) is 104 Å².